The maximum atomic E-state index is 11.5. The van der Waals surface area contributed by atoms with Gasteiger partial charge in [0, 0.05) is 0 Å². The molecule has 3 nitrogen and oxygen atoms in total. The molecule has 120 valence electrons. The molecule has 0 unspecified atom stereocenters. The van der Waals surface area contributed by atoms with Crippen molar-refractivity contribution in [1.82, 2.24) is 4.72 Å². The van der Waals surface area contributed by atoms with E-state index in [0.29, 0.717) is 11.9 Å². The Bertz CT molecular complexity index is 226. The molecule has 0 aromatic carbocycles. The Balaban J connectivity index is 3.22. The first-order chi connectivity index (χ1) is 9.76. The average Bonchev–Trinajstić information content (AvgIpc) is 2.46. The SMILES string of the molecule is CCCCCCCCCCCCOC(=O)[C@H](C[SeH])NS. The van der Waals surface area contributed by atoms with Gasteiger partial charge < -0.3 is 0 Å². The predicted molar refractivity (Wildman–Crippen MR) is 90.7 cm³/mol. The quantitative estimate of drug-likeness (QED) is 0.213. The van der Waals surface area contributed by atoms with Crippen LogP contribution in [0, 0.1) is 0 Å². The fourth-order valence-electron chi connectivity index (χ4n) is 2.03. The van der Waals surface area contributed by atoms with Crippen LogP contribution in [0.2, 0.25) is 5.32 Å². The van der Waals surface area contributed by atoms with Gasteiger partial charge in [0.2, 0.25) is 0 Å². The molecule has 0 amide bonds. The molecule has 0 saturated heterocycles. The molecule has 0 radical (unpaired) electrons. The molecule has 0 rings (SSSR count). The maximum absolute atomic E-state index is 11.5. The van der Waals surface area contributed by atoms with Crippen LogP contribution in [0.5, 0.6) is 0 Å². The zero-order valence-corrected chi connectivity index (χ0v) is 15.5. The minimum atomic E-state index is -0.304. The molecule has 0 saturated carbocycles. The summed E-state index contributed by atoms with van der Waals surface area (Å²) in [5.41, 5.74) is 0. The monoisotopic (exact) mass is 369 g/mol. The van der Waals surface area contributed by atoms with Gasteiger partial charge in [-0.3, -0.25) is 0 Å². The first-order valence-electron chi connectivity index (χ1n) is 7.93. The van der Waals surface area contributed by atoms with E-state index in [0.717, 1.165) is 12.8 Å². The van der Waals surface area contributed by atoms with E-state index in [2.05, 4.69) is 40.5 Å². The van der Waals surface area contributed by atoms with E-state index in [1.54, 1.807) is 0 Å². The number of esters is 1. The molecule has 0 bridgehead atoms. The van der Waals surface area contributed by atoms with E-state index in [1.165, 1.54) is 51.4 Å². The third kappa shape index (κ3) is 12.1. The number of hydrogen-bond donors (Lipinski definition) is 2. The summed E-state index contributed by atoms with van der Waals surface area (Å²) in [4.78, 5) is 11.5. The van der Waals surface area contributed by atoms with Gasteiger partial charge in [-0.1, -0.05) is 26.2 Å². The number of thiol groups is 1. The van der Waals surface area contributed by atoms with Gasteiger partial charge in [-0.2, -0.15) is 0 Å². The van der Waals surface area contributed by atoms with Gasteiger partial charge in [0.1, 0.15) is 0 Å². The Labute approximate surface area is 138 Å². The summed E-state index contributed by atoms with van der Waals surface area (Å²) in [5.74, 6) is -0.198. The molecule has 1 atom stereocenters. The van der Waals surface area contributed by atoms with Crippen molar-refractivity contribution >= 4 is 34.8 Å². The number of carbonyl (C=O) groups excluding carboxylic acids is 1. The molecular formula is C15H31NO2SSe. The molecule has 0 spiro atoms. The Kier molecular flexibility index (Phi) is 15.9. The van der Waals surface area contributed by atoms with Gasteiger partial charge in [0.15, 0.2) is 0 Å². The fraction of sp³-hybridized carbons (Fsp3) is 0.933. The van der Waals surface area contributed by atoms with Crippen LogP contribution in [0.1, 0.15) is 71.1 Å². The van der Waals surface area contributed by atoms with Crippen LogP contribution in [-0.4, -0.2) is 34.6 Å². The molecule has 0 heterocycles. The van der Waals surface area contributed by atoms with Crippen molar-refractivity contribution in [2.24, 2.45) is 0 Å². The number of hydrogen-bond acceptors (Lipinski definition) is 4. The molecule has 0 aliphatic heterocycles. The van der Waals surface area contributed by atoms with Crippen molar-refractivity contribution in [1.29, 1.82) is 0 Å². The van der Waals surface area contributed by atoms with Crippen molar-refractivity contribution in [2.45, 2.75) is 82.5 Å². The predicted octanol–water partition coefficient (Wildman–Crippen LogP) is 3.57. The second kappa shape index (κ2) is 15.7. The molecule has 0 aliphatic carbocycles. The van der Waals surface area contributed by atoms with E-state index < -0.39 is 0 Å². The van der Waals surface area contributed by atoms with Gasteiger partial charge in [0.05, 0.1) is 0 Å². The van der Waals surface area contributed by atoms with Crippen LogP contribution in [0.15, 0.2) is 0 Å². The summed E-state index contributed by atoms with van der Waals surface area (Å²) in [6.07, 6.45) is 12.9. The van der Waals surface area contributed by atoms with E-state index in [4.69, 9.17) is 4.74 Å². The summed E-state index contributed by atoms with van der Waals surface area (Å²) in [6.45, 7) is 2.79. The Morgan fingerprint density at radius 2 is 1.55 bits per heavy atom. The van der Waals surface area contributed by atoms with Crippen molar-refractivity contribution in [3.8, 4) is 0 Å². The molecule has 0 fully saturated rings. The Morgan fingerprint density at radius 1 is 1.05 bits per heavy atom. The zero-order chi connectivity index (χ0) is 15.1. The second-order valence-electron chi connectivity index (χ2n) is 5.21. The van der Waals surface area contributed by atoms with Crippen LogP contribution >= 0.6 is 12.8 Å². The summed E-state index contributed by atoms with van der Waals surface area (Å²) < 4.78 is 7.84. The third-order valence-electron chi connectivity index (χ3n) is 3.37. The van der Waals surface area contributed by atoms with E-state index >= 15 is 0 Å². The van der Waals surface area contributed by atoms with E-state index in [9.17, 15) is 4.79 Å². The summed E-state index contributed by atoms with van der Waals surface area (Å²) >= 11 is 6.28. The first kappa shape index (κ1) is 20.3. The second-order valence-corrected chi connectivity index (χ2v) is 6.24. The average molecular weight is 368 g/mol. The number of unbranched alkanes of at least 4 members (excludes halogenated alkanes) is 9. The zero-order valence-electron chi connectivity index (χ0n) is 12.8. The number of rotatable bonds is 14. The van der Waals surface area contributed by atoms with Crippen LogP contribution < -0.4 is 4.72 Å². The molecule has 20 heavy (non-hydrogen) atoms. The van der Waals surface area contributed by atoms with Crippen molar-refractivity contribution < 1.29 is 9.53 Å². The minimum absolute atomic E-state index is 0.198. The molecule has 0 aliphatic rings. The van der Waals surface area contributed by atoms with Gasteiger partial charge in [0.25, 0.3) is 0 Å². The van der Waals surface area contributed by atoms with Gasteiger partial charge in [-0.15, -0.1) is 0 Å². The number of ether oxygens (including phenoxy) is 1. The Hall–Kier alpha value is 0.299. The van der Waals surface area contributed by atoms with Gasteiger partial charge in [-0.05, 0) is 0 Å². The summed E-state index contributed by atoms with van der Waals surface area (Å²) in [6, 6.07) is -0.304. The third-order valence-corrected chi connectivity index (χ3v) is 4.44. The standard InChI is InChI=1S/C15H31NO2SSe/c1-2-3-4-5-6-7-8-9-10-11-12-18-15(17)14(13-20)16-19/h14,16,19-20H,2-13H2,1H3/t14-/m0/s1. The van der Waals surface area contributed by atoms with E-state index in [1.807, 2.05) is 0 Å². The van der Waals surface area contributed by atoms with Crippen molar-refractivity contribution in [3.63, 3.8) is 0 Å². The molecule has 5 heteroatoms. The normalized spacial score (nSPS) is 12.3. The van der Waals surface area contributed by atoms with E-state index in [-0.39, 0.29) is 12.0 Å². The Morgan fingerprint density at radius 3 is 2.00 bits per heavy atom. The number of nitrogens with one attached hydrogen (secondary N) is 1. The fourth-order valence-corrected chi connectivity index (χ4v) is 3.04. The number of carbonyl (C=O) groups is 1. The van der Waals surface area contributed by atoms with Crippen LogP contribution in [0.25, 0.3) is 0 Å². The topological polar surface area (TPSA) is 38.3 Å². The summed E-state index contributed by atoms with van der Waals surface area (Å²) in [5, 5.41) is 0.646. The van der Waals surface area contributed by atoms with Gasteiger partial charge in [-0.25, -0.2) is 0 Å². The molecule has 0 aromatic rings. The van der Waals surface area contributed by atoms with Crippen molar-refractivity contribution in [2.75, 3.05) is 6.61 Å². The molecule has 0 aromatic heterocycles. The molecular weight excluding hydrogens is 337 g/mol. The first-order valence-corrected chi connectivity index (χ1v) is 9.70. The van der Waals surface area contributed by atoms with Crippen molar-refractivity contribution in [3.05, 3.63) is 0 Å². The summed E-state index contributed by atoms with van der Waals surface area (Å²) in [7, 11) is 0. The van der Waals surface area contributed by atoms with Crippen LogP contribution in [0.4, 0.5) is 0 Å². The molecule has 1 N–H and O–H groups in total. The van der Waals surface area contributed by atoms with Crippen LogP contribution in [0.3, 0.4) is 0 Å². The van der Waals surface area contributed by atoms with Gasteiger partial charge >= 0.3 is 112 Å². The van der Waals surface area contributed by atoms with Crippen LogP contribution in [-0.2, 0) is 9.53 Å².